The van der Waals surface area contributed by atoms with Crippen LogP contribution in [0.25, 0.3) is 0 Å². The summed E-state index contributed by atoms with van der Waals surface area (Å²) in [6.45, 7) is 3.65. The molecule has 0 saturated carbocycles. The smallest absolute Gasteiger partial charge is 0.156 e. The zero-order valence-electron chi connectivity index (χ0n) is 9.16. The highest BCUT2D eigenvalue weighted by Crippen LogP contribution is 2.12. The van der Waals surface area contributed by atoms with E-state index in [9.17, 15) is 4.79 Å². The summed E-state index contributed by atoms with van der Waals surface area (Å²) in [4.78, 5) is 15.7. The molecule has 1 atom stereocenters. The lowest BCUT2D eigenvalue weighted by Gasteiger charge is -2.20. The van der Waals surface area contributed by atoms with Crippen molar-refractivity contribution in [1.82, 2.24) is 4.98 Å². The molecule has 0 aliphatic rings. The second kappa shape index (κ2) is 4.40. The van der Waals surface area contributed by atoms with E-state index in [2.05, 4.69) is 4.98 Å². The van der Waals surface area contributed by atoms with Gasteiger partial charge < -0.3 is 11.5 Å². The van der Waals surface area contributed by atoms with Crippen molar-refractivity contribution in [3.8, 4) is 0 Å². The Labute approximate surface area is 89.7 Å². The summed E-state index contributed by atoms with van der Waals surface area (Å²) >= 11 is 0. The molecule has 0 amide bonds. The highest BCUT2D eigenvalue weighted by Gasteiger charge is 2.25. The summed E-state index contributed by atoms with van der Waals surface area (Å²) in [7, 11) is 0. The number of anilines is 1. The van der Waals surface area contributed by atoms with Crippen LogP contribution in [0, 0.1) is 0 Å². The fourth-order valence-corrected chi connectivity index (χ4v) is 1.19. The third kappa shape index (κ3) is 3.02. The number of hydrogen-bond acceptors (Lipinski definition) is 4. The number of Topliss-reactive ketones (excluding diaryl/α,β-unsaturated/α-hetero) is 1. The molecule has 82 valence electrons. The van der Waals surface area contributed by atoms with Gasteiger partial charge in [0.2, 0.25) is 0 Å². The Bertz CT molecular complexity index is 361. The van der Waals surface area contributed by atoms with Gasteiger partial charge in [-0.25, -0.2) is 4.98 Å². The molecule has 0 aromatic carbocycles. The van der Waals surface area contributed by atoms with Gasteiger partial charge >= 0.3 is 0 Å². The van der Waals surface area contributed by atoms with E-state index < -0.39 is 5.54 Å². The molecule has 1 rings (SSSR count). The number of pyridine rings is 1. The van der Waals surface area contributed by atoms with Crippen LogP contribution < -0.4 is 11.5 Å². The molecule has 0 spiro atoms. The van der Waals surface area contributed by atoms with Gasteiger partial charge in [0.1, 0.15) is 5.82 Å². The first-order chi connectivity index (χ1) is 6.95. The van der Waals surface area contributed by atoms with Crippen LogP contribution in [-0.4, -0.2) is 16.3 Å². The van der Waals surface area contributed by atoms with Gasteiger partial charge in [0.05, 0.1) is 5.54 Å². The Balaban J connectivity index is 2.75. The Morgan fingerprint density at radius 3 is 2.80 bits per heavy atom. The Morgan fingerprint density at radius 1 is 1.60 bits per heavy atom. The lowest BCUT2D eigenvalue weighted by molar-refractivity contribution is -0.123. The molecule has 0 fully saturated rings. The minimum Gasteiger partial charge on any atom is -0.384 e. The number of ketones is 1. The number of rotatable bonds is 4. The maximum absolute atomic E-state index is 11.8. The van der Waals surface area contributed by atoms with Crippen LogP contribution in [-0.2, 0) is 11.2 Å². The second-order valence-electron chi connectivity index (χ2n) is 3.96. The van der Waals surface area contributed by atoms with Crippen molar-refractivity contribution in [2.24, 2.45) is 5.73 Å². The molecule has 4 N–H and O–H groups in total. The average Bonchev–Trinajstić information content (AvgIpc) is 2.17. The predicted molar refractivity (Wildman–Crippen MR) is 60.2 cm³/mol. The van der Waals surface area contributed by atoms with Crippen molar-refractivity contribution < 1.29 is 4.79 Å². The number of nitrogens with two attached hydrogens (primary N) is 2. The Morgan fingerprint density at radius 2 is 2.27 bits per heavy atom. The van der Waals surface area contributed by atoms with Crippen LogP contribution in [0.15, 0.2) is 18.3 Å². The highest BCUT2D eigenvalue weighted by molar-refractivity contribution is 5.89. The monoisotopic (exact) mass is 207 g/mol. The average molecular weight is 207 g/mol. The van der Waals surface area contributed by atoms with Gasteiger partial charge in [0.25, 0.3) is 0 Å². The highest BCUT2D eigenvalue weighted by atomic mass is 16.1. The number of carbonyl (C=O) groups is 1. The van der Waals surface area contributed by atoms with E-state index in [1.165, 1.54) is 0 Å². The standard InChI is InChI=1S/C11H17N3O/c1-3-11(2,13)9(15)6-8-4-5-14-10(12)7-8/h4-5,7H,3,6,13H2,1-2H3,(H2,12,14). The van der Waals surface area contributed by atoms with Gasteiger partial charge in [-0.3, -0.25) is 4.79 Å². The third-order valence-electron chi connectivity index (χ3n) is 2.58. The van der Waals surface area contributed by atoms with E-state index in [1.807, 2.05) is 6.92 Å². The van der Waals surface area contributed by atoms with Crippen LogP contribution in [0.3, 0.4) is 0 Å². The molecule has 1 unspecified atom stereocenters. The first-order valence-corrected chi connectivity index (χ1v) is 4.98. The number of nitrogens with zero attached hydrogens (tertiary/aromatic N) is 1. The third-order valence-corrected chi connectivity index (χ3v) is 2.58. The molecular formula is C11H17N3O. The molecule has 15 heavy (non-hydrogen) atoms. The molecule has 1 heterocycles. The van der Waals surface area contributed by atoms with Crippen molar-refractivity contribution in [3.63, 3.8) is 0 Å². The van der Waals surface area contributed by atoms with E-state index in [-0.39, 0.29) is 5.78 Å². The van der Waals surface area contributed by atoms with Crippen LogP contribution in [0.5, 0.6) is 0 Å². The Kier molecular flexibility index (Phi) is 3.42. The SMILES string of the molecule is CCC(C)(N)C(=O)Cc1ccnc(N)c1. The fraction of sp³-hybridized carbons (Fsp3) is 0.455. The molecule has 0 aliphatic heterocycles. The van der Waals surface area contributed by atoms with Crippen LogP contribution in [0.1, 0.15) is 25.8 Å². The normalized spacial score (nSPS) is 14.6. The van der Waals surface area contributed by atoms with E-state index in [1.54, 1.807) is 25.3 Å². The fourth-order valence-electron chi connectivity index (χ4n) is 1.19. The molecule has 0 saturated heterocycles. The van der Waals surface area contributed by atoms with Gasteiger partial charge in [-0.2, -0.15) is 0 Å². The van der Waals surface area contributed by atoms with Crippen LogP contribution in [0.2, 0.25) is 0 Å². The molecule has 4 nitrogen and oxygen atoms in total. The van der Waals surface area contributed by atoms with E-state index >= 15 is 0 Å². The van der Waals surface area contributed by atoms with Gasteiger partial charge in [0.15, 0.2) is 5.78 Å². The van der Waals surface area contributed by atoms with Crippen molar-refractivity contribution in [2.75, 3.05) is 5.73 Å². The molecule has 1 aromatic heterocycles. The second-order valence-corrected chi connectivity index (χ2v) is 3.96. The number of aromatic nitrogens is 1. The van der Waals surface area contributed by atoms with E-state index in [0.29, 0.717) is 18.7 Å². The predicted octanol–water partition coefficient (Wildman–Crippen LogP) is 0.903. The largest absolute Gasteiger partial charge is 0.384 e. The summed E-state index contributed by atoms with van der Waals surface area (Å²) in [6.07, 6.45) is 2.54. The lowest BCUT2D eigenvalue weighted by atomic mass is 9.90. The van der Waals surface area contributed by atoms with Crippen LogP contribution in [0.4, 0.5) is 5.82 Å². The molecule has 0 bridgehead atoms. The maximum atomic E-state index is 11.8. The van der Waals surface area contributed by atoms with Gasteiger partial charge in [-0.05, 0) is 31.0 Å². The lowest BCUT2D eigenvalue weighted by Crippen LogP contribution is -2.45. The molecular weight excluding hydrogens is 190 g/mol. The van der Waals surface area contributed by atoms with Crippen LogP contribution >= 0.6 is 0 Å². The van der Waals surface area contributed by atoms with Gasteiger partial charge in [0, 0.05) is 12.6 Å². The van der Waals surface area contributed by atoms with Crippen molar-refractivity contribution in [1.29, 1.82) is 0 Å². The van der Waals surface area contributed by atoms with Crippen molar-refractivity contribution >= 4 is 11.6 Å². The number of carbonyl (C=O) groups excluding carboxylic acids is 1. The summed E-state index contributed by atoms with van der Waals surface area (Å²) in [5.74, 6) is 0.450. The van der Waals surface area contributed by atoms with E-state index in [0.717, 1.165) is 5.56 Å². The first kappa shape index (κ1) is 11.7. The summed E-state index contributed by atoms with van der Waals surface area (Å²) in [5.41, 5.74) is 11.5. The van der Waals surface area contributed by atoms with E-state index in [4.69, 9.17) is 11.5 Å². The summed E-state index contributed by atoms with van der Waals surface area (Å²) in [5, 5.41) is 0. The summed E-state index contributed by atoms with van der Waals surface area (Å²) in [6, 6.07) is 3.48. The van der Waals surface area contributed by atoms with Crippen molar-refractivity contribution in [2.45, 2.75) is 32.2 Å². The first-order valence-electron chi connectivity index (χ1n) is 4.98. The Hall–Kier alpha value is -1.42. The minimum atomic E-state index is -0.752. The zero-order chi connectivity index (χ0) is 11.5. The quantitative estimate of drug-likeness (QED) is 0.768. The van der Waals surface area contributed by atoms with Gasteiger partial charge in [-0.15, -0.1) is 0 Å². The minimum absolute atomic E-state index is 0.0237. The molecule has 1 aromatic rings. The van der Waals surface area contributed by atoms with Crippen molar-refractivity contribution in [3.05, 3.63) is 23.9 Å². The number of hydrogen-bond donors (Lipinski definition) is 2. The topological polar surface area (TPSA) is 82.0 Å². The maximum Gasteiger partial charge on any atom is 0.156 e. The molecule has 0 radical (unpaired) electrons. The number of nitrogen functional groups attached to an aromatic ring is 1. The van der Waals surface area contributed by atoms with Gasteiger partial charge in [-0.1, -0.05) is 6.92 Å². The molecule has 0 aliphatic carbocycles. The summed E-state index contributed by atoms with van der Waals surface area (Å²) < 4.78 is 0. The molecule has 4 heteroatoms. The zero-order valence-corrected chi connectivity index (χ0v) is 9.16.